The van der Waals surface area contributed by atoms with Gasteiger partial charge in [0, 0.05) is 38.3 Å². The molecule has 102 valence electrons. The van der Waals surface area contributed by atoms with E-state index in [1.165, 1.54) is 26.2 Å². The maximum absolute atomic E-state index is 3.64. The van der Waals surface area contributed by atoms with Gasteiger partial charge in [-0.3, -0.25) is 4.90 Å². The minimum Gasteiger partial charge on any atom is -0.312 e. The molecule has 0 aromatic heterocycles. The molecule has 1 aliphatic rings. The quantitative estimate of drug-likeness (QED) is 0.807. The van der Waals surface area contributed by atoms with Crippen LogP contribution < -0.4 is 5.32 Å². The average molecular weight is 241 g/mol. The lowest BCUT2D eigenvalue weighted by Crippen LogP contribution is -2.55. The lowest BCUT2D eigenvalue weighted by Gasteiger charge is -2.42. The predicted octanol–water partition coefficient (Wildman–Crippen LogP) is 1.65. The first kappa shape index (κ1) is 14.9. The van der Waals surface area contributed by atoms with Crippen LogP contribution in [0.15, 0.2) is 0 Å². The molecule has 1 fully saturated rings. The fourth-order valence-electron chi connectivity index (χ4n) is 2.44. The maximum Gasteiger partial charge on any atom is 0.0243 e. The van der Waals surface area contributed by atoms with Crippen molar-refractivity contribution in [2.75, 3.05) is 39.8 Å². The predicted molar refractivity (Wildman–Crippen MR) is 75.5 cm³/mol. The fraction of sp³-hybridized carbons (Fsp3) is 1.00. The molecule has 17 heavy (non-hydrogen) atoms. The number of nitrogens with one attached hydrogen (secondary N) is 1. The van der Waals surface area contributed by atoms with Crippen LogP contribution in [0.5, 0.6) is 0 Å². The summed E-state index contributed by atoms with van der Waals surface area (Å²) in [6.07, 6.45) is 0. The number of likely N-dealkylation sites (N-methyl/N-ethyl adjacent to an activating group) is 2. The van der Waals surface area contributed by atoms with Crippen LogP contribution in [0.25, 0.3) is 0 Å². The number of piperazine rings is 1. The molecule has 0 aliphatic carbocycles. The van der Waals surface area contributed by atoms with Crippen molar-refractivity contribution >= 4 is 0 Å². The van der Waals surface area contributed by atoms with Crippen LogP contribution in [0, 0.1) is 5.41 Å². The van der Waals surface area contributed by atoms with E-state index in [9.17, 15) is 0 Å². The maximum atomic E-state index is 3.64. The standard InChI is InChI=1S/C14H31N3/c1-7-15-13(14(3,4)5)11-17-9-8-16(6)12(2)10-17/h12-13,15H,7-11H2,1-6H3. The fourth-order valence-corrected chi connectivity index (χ4v) is 2.44. The van der Waals surface area contributed by atoms with Gasteiger partial charge in [-0.25, -0.2) is 0 Å². The molecule has 1 saturated heterocycles. The first-order chi connectivity index (χ1) is 7.84. The molecule has 0 aromatic rings. The molecule has 0 saturated carbocycles. The highest BCUT2D eigenvalue weighted by molar-refractivity contribution is 4.86. The number of hydrogen-bond donors (Lipinski definition) is 1. The molecule has 0 amide bonds. The second kappa shape index (κ2) is 6.17. The summed E-state index contributed by atoms with van der Waals surface area (Å²) in [5, 5.41) is 3.64. The molecule has 3 heteroatoms. The lowest BCUT2D eigenvalue weighted by molar-refractivity contribution is 0.0814. The number of nitrogens with zero attached hydrogens (tertiary/aromatic N) is 2. The molecule has 3 nitrogen and oxygen atoms in total. The minimum absolute atomic E-state index is 0.336. The SMILES string of the molecule is CCNC(CN1CCN(C)C(C)C1)C(C)(C)C. The van der Waals surface area contributed by atoms with Gasteiger partial charge < -0.3 is 10.2 Å². The molecule has 1 N–H and O–H groups in total. The van der Waals surface area contributed by atoms with Gasteiger partial charge in [-0.2, -0.15) is 0 Å². The van der Waals surface area contributed by atoms with Gasteiger partial charge in [0.05, 0.1) is 0 Å². The third-order valence-electron chi connectivity index (χ3n) is 3.98. The van der Waals surface area contributed by atoms with Gasteiger partial charge >= 0.3 is 0 Å². The highest BCUT2D eigenvalue weighted by Crippen LogP contribution is 2.21. The first-order valence-electron chi connectivity index (χ1n) is 7.00. The van der Waals surface area contributed by atoms with Crippen LogP contribution in [-0.2, 0) is 0 Å². The highest BCUT2D eigenvalue weighted by atomic mass is 15.3. The Balaban J connectivity index is 2.50. The van der Waals surface area contributed by atoms with Crippen LogP contribution in [-0.4, -0.2) is 61.7 Å². The van der Waals surface area contributed by atoms with E-state index in [0.717, 1.165) is 6.54 Å². The molecule has 1 rings (SSSR count). The third kappa shape index (κ3) is 4.57. The summed E-state index contributed by atoms with van der Waals surface area (Å²) in [6, 6.07) is 1.27. The zero-order valence-electron chi connectivity index (χ0n) is 12.6. The number of hydrogen-bond acceptors (Lipinski definition) is 3. The minimum atomic E-state index is 0.336. The topological polar surface area (TPSA) is 18.5 Å². The van der Waals surface area contributed by atoms with E-state index in [0.29, 0.717) is 17.5 Å². The van der Waals surface area contributed by atoms with Crippen LogP contribution in [0.1, 0.15) is 34.6 Å². The molecule has 1 aliphatic heterocycles. The summed E-state index contributed by atoms with van der Waals surface area (Å²) in [4.78, 5) is 5.07. The lowest BCUT2D eigenvalue weighted by atomic mass is 9.86. The molecule has 0 radical (unpaired) electrons. The van der Waals surface area contributed by atoms with Crippen molar-refractivity contribution < 1.29 is 0 Å². The summed E-state index contributed by atoms with van der Waals surface area (Å²) in [6.45, 7) is 17.4. The molecular formula is C14H31N3. The van der Waals surface area contributed by atoms with Gasteiger partial charge in [-0.05, 0) is 25.9 Å². The molecule has 0 bridgehead atoms. The van der Waals surface area contributed by atoms with Gasteiger partial charge in [-0.15, -0.1) is 0 Å². The Hall–Kier alpha value is -0.120. The summed E-state index contributed by atoms with van der Waals surface area (Å²) in [7, 11) is 2.23. The van der Waals surface area contributed by atoms with Crippen molar-refractivity contribution in [3.05, 3.63) is 0 Å². The Kier molecular flexibility index (Phi) is 5.42. The second-order valence-corrected chi connectivity index (χ2v) is 6.57. The summed E-state index contributed by atoms with van der Waals surface area (Å²) < 4.78 is 0. The summed E-state index contributed by atoms with van der Waals surface area (Å²) >= 11 is 0. The normalized spacial score (nSPS) is 26.1. The van der Waals surface area contributed by atoms with Gasteiger partial charge in [0.1, 0.15) is 0 Å². The van der Waals surface area contributed by atoms with E-state index in [2.05, 4.69) is 56.8 Å². The number of rotatable bonds is 4. The summed E-state index contributed by atoms with van der Waals surface area (Å²) in [5.74, 6) is 0. The molecular weight excluding hydrogens is 210 g/mol. The molecule has 2 atom stereocenters. The Morgan fingerprint density at radius 2 is 1.94 bits per heavy atom. The van der Waals surface area contributed by atoms with E-state index in [1.807, 2.05) is 0 Å². The Morgan fingerprint density at radius 3 is 2.41 bits per heavy atom. The van der Waals surface area contributed by atoms with Crippen molar-refractivity contribution in [3.63, 3.8) is 0 Å². The third-order valence-corrected chi connectivity index (χ3v) is 3.98. The molecule has 0 spiro atoms. The highest BCUT2D eigenvalue weighted by Gasteiger charge is 2.28. The van der Waals surface area contributed by atoms with Crippen molar-refractivity contribution in [2.45, 2.75) is 46.7 Å². The van der Waals surface area contributed by atoms with Crippen LogP contribution >= 0.6 is 0 Å². The molecule has 1 heterocycles. The van der Waals surface area contributed by atoms with Crippen molar-refractivity contribution in [3.8, 4) is 0 Å². The van der Waals surface area contributed by atoms with Crippen LogP contribution in [0.2, 0.25) is 0 Å². The average Bonchev–Trinajstić information content (AvgIpc) is 2.21. The Labute approximate surface area is 108 Å². The van der Waals surface area contributed by atoms with E-state index in [-0.39, 0.29) is 0 Å². The van der Waals surface area contributed by atoms with Gasteiger partial charge in [0.25, 0.3) is 0 Å². The van der Waals surface area contributed by atoms with E-state index in [1.54, 1.807) is 0 Å². The molecule has 2 unspecified atom stereocenters. The molecule has 0 aromatic carbocycles. The van der Waals surface area contributed by atoms with Crippen molar-refractivity contribution in [2.24, 2.45) is 5.41 Å². The monoisotopic (exact) mass is 241 g/mol. The largest absolute Gasteiger partial charge is 0.312 e. The van der Waals surface area contributed by atoms with E-state index >= 15 is 0 Å². The smallest absolute Gasteiger partial charge is 0.0243 e. The van der Waals surface area contributed by atoms with Crippen LogP contribution in [0.4, 0.5) is 0 Å². The Morgan fingerprint density at radius 1 is 1.29 bits per heavy atom. The van der Waals surface area contributed by atoms with Crippen molar-refractivity contribution in [1.29, 1.82) is 0 Å². The zero-order chi connectivity index (χ0) is 13.1. The summed E-state index contributed by atoms with van der Waals surface area (Å²) in [5.41, 5.74) is 0.336. The van der Waals surface area contributed by atoms with E-state index in [4.69, 9.17) is 0 Å². The van der Waals surface area contributed by atoms with E-state index < -0.39 is 0 Å². The Bertz CT molecular complexity index is 222. The second-order valence-electron chi connectivity index (χ2n) is 6.57. The van der Waals surface area contributed by atoms with Gasteiger partial charge in [-0.1, -0.05) is 27.7 Å². The van der Waals surface area contributed by atoms with Gasteiger partial charge in [0.15, 0.2) is 0 Å². The van der Waals surface area contributed by atoms with Gasteiger partial charge in [0.2, 0.25) is 0 Å². The zero-order valence-corrected chi connectivity index (χ0v) is 12.6. The first-order valence-corrected chi connectivity index (χ1v) is 7.00. The van der Waals surface area contributed by atoms with Crippen molar-refractivity contribution in [1.82, 2.24) is 15.1 Å². The van der Waals surface area contributed by atoms with Crippen LogP contribution in [0.3, 0.4) is 0 Å².